The van der Waals surface area contributed by atoms with E-state index in [-0.39, 0.29) is 28.6 Å². The van der Waals surface area contributed by atoms with Crippen molar-refractivity contribution in [3.05, 3.63) is 80.6 Å². The van der Waals surface area contributed by atoms with Crippen molar-refractivity contribution in [3.63, 3.8) is 0 Å². The van der Waals surface area contributed by atoms with Crippen LogP contribution in [0.3, 0.4) is 0 Å². The molecule has 0 N–H and O–H groups in total. The molecule has 2 aromatic rings. The summed E-state index contributed by atoms with van der Waals surface area (Å²) in [6, 6.07) is 9.52. The molecule has 0 aliphatic carbocycles. The number of carbonyl (C=O) groups excluding carboxylic acids is 2. The number of nitrogens with zero attached hydrogens (tertiary/aromatic N) is 3. The number of rotatable bonds is 8. The van der Waals surface area contributed by atoms with Crippen LogP contribution in [-0.2, 0) is 25.7 Å². The maximum absolute atomic E-state index is 13.3. The number of thioether (sulfide) groups is 1. The van der Waals surface area contributed by atoms with Crippen LogP contribution >= 0.6 is 24.0 Å². The number of carbonyl (C=O) groups is 2. The Bertz CT molecular complexity index is 1170. The van der Waals surface area contributed by atoms with Crippen LogP contribution in [0, 0.1) is 16.0 Å². The third kappa shape index (κ3) is 4.53. The largest absolute Gasteiger partial charge is 0.477 e. The Morgan fingerprint density at radius 3 is 2.65 bits per heavy atom. The SMILES string of the molecule is CCC1=C(C(=S)OCc2ccc([N+](=O)[O-])cc2)N2C(=O)C(C(OC(C)=O)c3cccnc3)C2S1. The number of amides is 1. The van der Waals surface area contributed by atoms with Crippen LogP contribution in [0.5, 0.6) is 0 Å². The predicted molar refractivity (Wildman–Crippen MR) is 128 cm³/mol. The summed E-state index contributed by atoms with van der Waals surface area (Å²) >= 11 is 7.03. The highest BCUT2D eigenvalue weighted by atomic mass is 32.2. The van der Waals surface area contributed by atoms with Crippen molar-refractivity contribution in [2.24, 2.45) is 5.92 Å². The number of allylic oxidation sites excluding steroid dienone is 1. The van der Waals surface area contributed by atoms with Gasteiger partial charge in [0.2, 0.25) is 11.0 Å². The van der Waals surface area contributed by atoms with E-state index in [1.807, 2.05) is 6.92 Å². The molecule has 1 aromatic heterocycles. The van der Waals surface area contributed by atoms with Gasteiger partial charge in [-0.05, 0) is 42.4 Å². The van der Waals surface area contributed by atoms with Gasteiger partial charge in [0.1, 0.15) is 29.7 Å². The molecule has 3 unspecified atom stereocenters. The Labute approximate surface area is 205 Å². The van der Waals surface area contributed by atoms with Crippen molar-refractivity contribution in [1.82, 2.24) is 9.88 Å². The third-order valence-corrected chi connectivity index (χ3v) is 7.34. The molecule has 0 bridgehead atoms. The molecule has 11 heteroatoms. The van der Waals surface area contributed by atoms with E-state index in [0.29, 0.717) is 23.2 Å². The lowest BCUT2D eigenvalue weighted by Crippen LogP contribution is -2.59. The maximum atomic E-state index is 13.3. The summed E-state index contributed by atoms with van der Waals surface area (Å²) in [6.07, 6.45) is 3.11. The number of fused-ring (bicyclic) bond motifs is 1. The topological polar surface area (TPSA) is 112 Å². The fourth-order valence-electron chi connectivity index (χ4n) is 3.93. The first kappa shape index (κ1) is 23.8. The molecule has 1 amide bonds. The lowest BCUT2D eigenvalue weighted by atomic mass is 9.87. The highest BCUT2D eigenvalue weighted by Gasteiger charge is 2.59. The zero-order chi connectivity index (χ0) is 24.4. The van der Waals surface area contributed by atoms with E-state index >= 15 is 0 Å². The fourth-order valence-corrected chi connectivity index (χ4v) is 5.76. The second-order valence-corrected chi connectivity index (χ2v) is 9.27. The van der Waals surface area contributed by atoms with E-state index in [4.69, 9.17) is 21.7 Å². The number of thiocarbonyl (C=S) groups is 1. The lowest BCUT2D eigenvalue weighted by Gasteiger charge is -2.45. The van der Waals surface area contributed by atoms with Gasteiger partial charge in [0.25, 0.3) is 5.69 Å². The average Bonchev–Trinajstić information content (AvgIpc) is 3.17. The molecule has 0 radical (unpaired) electrons. The van der Waals surface area contributed by atoms with Gasteiger partial charge in [-0.15, -0.1) is 11.8 Å². The van der Waals surface area contributed by atoms with Crippen LogP contribution < -0.4 is 0 Å². The van der Waals surface area contributed by atoms with Crippen LogP contribution in [-0.4, -0.2) is 37.1 Å². The van der Waals surface area contributed by atoms with E-state index < -0.39 is 22.9 Å². The number of pyridine rings is 1. The molecule has 2 aliphatic heterocycles. The summed E-state index contributed by atoms with van der Waals surface area (Å²) in [5.74, 6) is -1.25. The Morgan fingerprint density at radius 1 is 1.32 bits per heavy atom. The van der Waals surface area contributed by atoms with Crippen LogP contribution in [0.25, 0.3) is 0 Å². The van der Waals surface area contributed by atoms with Crippen LogP contribution in [0.1, 0.15) is 37.5 Å². The third-order valence-electron chi connectivity index (χ3n) is 5.52. The normalized spacial score (nSPS) is 19.8. The number of aromatic nitrogens is 1. The minimum absolute atomic E-state index is 0.00879. The van der Waals surface area contributed by atoms with Gasteiger partial charge in [0, 0.05) is 41.9 Å². The molecule has 0 saturated carbocycles. The molecule has 34 heavy (non-hydrogen) atoms. The summed E-state index contributed by atoms with van der Waals surface area (Å²) in [5, 5.41) is 10.7. The number of benzene rings is 1. The van der Waals surface area contributed by atoms with Gasteiger partial charge >= 0.3 is 5.97 Å². The molecule has 0 spiro atoms. The summed E-state index contributed by atoms with van der Waals surface area (Å²) in [6.45, 7) is 3.40. The highest BCUT2D eigenvalue weighted by molar-refractivity contribution is 8.04. The minimum atomic E-state index is -0.750. The molecule has 1 saturated heterocycles. The molecule has 3 heterocycles. The van der Waals surface area contributed by atoms with Crippen molar-refractivity contribution >= 4 is 46.6 Å². The van der Waals surface area contributed by atoms with Gasteiger partial charge in [-0.25, -0.2) is 0 Å². The van der Waals surface area contributed by atoms with Gasteiger partial charge in [-0.2, -0.15) is 0 Å². The summed E-state index contributed by atoms with van der Waals surface area (Å²) in [7, 11) is 0. The van der Waals surface area contributed by atoms with E-state index in [1.165, 1.54) is 30.8 Å². The molecular formula is C23H21N3O6S2. The Balaban J connectivity index is 1.50. The minimum Gasteiger partial charge on any atom is -0.477 e. The Hall–Kier alpha value is -3.31. The summed E-state index contributed by atoms with van der Waals surface area (Å²) in [4.78, 5) is 42.0. The van der Waals surface area contributed by atoms with Crippen LogP contribution in [0.2, 0.25) is 0 Å². The van der Waals surface area contributed by atoms with Crippen LogP contribution in [0.4, 0.5) is 5.69 Å². The van der Waals surface area contributed by atoms with Crippen LogP contribution in [0.15, 0.2) is 59.4 Å². The molecule has 4 rings (SSSR count). The number of ether oxygens (including phenoxy) is 2. The zero-order valence-electron chi connectivity index (χ0n) is 18.4. The van der Waals surface area contributed by atoms with Gasteiger partial charge in [-0.1, -0.05) is 13.0 Å². The van der Waals surface area contributed by atoms with Crippen molar-refractivity contribution in [3.8, 4) is 0 Å². The maximum Gasteiger partial charge on any atom is 0.303 e. The first-order valence-electron chi connectivity index (χ1n) is 10.5. The van der Waals surface area contributed by atoms with E-state index in [9.17, 15) is 19.7 Å². The zero-order valence-corrected chi connectivity index (χ0v) is 20.0. The van der Waals surface area contributed by atoms with Gasteiger partial charge < -0.3 is 9.47 Å². The number of nitro benzene ring substituents is 1. The molecule has 1 fully saturated rings. The monoisotopic (exact) mass is 499 g/mol. The Morgan fingerprint density at radius 2 is 2.06 bits per heavy atom. The standard InChI is InChI=1S/C23H21N3O6S2/c1-3-17-19(23(33)31-12-14-6-8-16(9-7-14)26(29)30)25-21(28)18(22(25)34-17)20(32-13(2)27)15-5-4-10-24-11-15/h4-11,18,20,22H,3,12H2,1-2H3. The number of hydrogen-bond donors (Lipinski definition) is 0. The summed E-state index contributed by atoms with van der Waals surface area (Å²) < 4.78 is 11.3. The lowest BCUT2D eigenvalue weighted by molar-refractivity contribution is -0.384. The first-order chi connectivity index (χ1) is 16.3. The average molecular weight is 500 g/mol. The molecule has 9 nitrogen and oxygen atoms in total. The molecule has 3 atom stereocenters. The predicted octanol–water partition coefficient (Wildman–Crippen LogP) is 4.29. The van der Waals surface area contributed by atoms with E-state index in [0.717, 1.165) is 4.91 Å². The number of nitro groups is 1. The first-order valence-corrected chi connectivity index (χ1v) is 11.8. The number of β-lactam (4-membered cyclic amide) rings is 1. The number of non-ortho nitro benzene ring substituents is 1. The van der Waals surface area contributed by atoms with E-state index in [2.05, 4.69) is 4.98 Å². The van der Waals surface area contributed by atoms with Crippen molar-refractivity contribution in [2.45, 2.75) is 38.4 Å². The second kappa shape index (κ2) is 9.90. The Kier molecular flexibility index (Phi) is 6.94. The van der Waals surface area contributed by atoms with Gasteiger partial charge in [-0.3, -0.25) is 29.6 Å². The molecular weight excluding hydrogens is 478 g/mol. The fraction of sp³-hybridized carbons (Fsp3) is 0.304. The molecule has 1 aromatic carbocycles. The van der Waals surface area contributed by atoms with E-state index in [1.54, 1.807) is 41.6 Å². The van der Waals surface area contributed by atoms with Crippen molar-refractivity contribution < 1.29 is 24.0 Å². The highest BCUT2D eigenvalue weighted by Crippen LogP contribution is 2.54. The van der Waals surface area contributed by atoms with Crippen molar-refractivity contribution in [2.75, 3.05) is 0 Å². The van der Waals surface area contributed by atoms with Gasteiger partial charge in [0.15, 0.2) is 0 Å². The number of hydrogen-bond acceptors (Lipinski definition) is 9. The molecule has 176 valence electrons. The smallest absolute Gasteiger partial charge is 0.303 e. The molecule has 2 aliphatic rings. The van der Waals surface area contributed by atoms with Crippen molar-refractivity contribution in [1.29, 1.82) is 0 Å². The van der Waals surface area contributed by atoms with Gasteiger partial charge in [0.05, 0.1) is 4.92 Å². The number of esters is 1. The quantitative estimate of drug-likeness (QED) is 0.173. The second-order valence-electron chi connectivity index (χ2n) is 7.68. The summed E-state index contributed by atoms with van der Waals surface area (Å²) in [5.41, 5.74) is 1.92.